The highest BCUT2D eigenvalue weighted by molar-refractivity contribution is 6.05. The number of hydrogen-bond donors (Lipinski definition) is 3. The zero-order chi connectivity index (χ0) is 21.1. The number of esters is 1. The number of carbonyl (C=O) groups excluding carboxylic acids is 4. The van der Waals surface area contributed by atoms with E-state index in [-0.39, 0.29) is 17.5 Å². The standard InChI is InChI=1S/C21H20N4O5/c26-18(23-24-19(27)13-5-2-1-3-6-13)12-30-21(29)14-8-9-16-15(11-14)22-20(28)17-7-4-10-25(16)17/h1-3,5-6,8-9,11,17H,4,7,10,12H2,(H,22,28)(H,23,26)(H,24,27)/t17-/m0/s1. The van der Waals surface area contributed by atoms with E-state index in [4.69, 9.17) is 4.74 Å². The molecule has 2 aliphatic heterocycles. The molecule has 2 aromatic carbocycles. The number of ether oxygens (including phenoxy) is 1. The van der Waals surface area contributed by atoms with Crippen LogP contribution in [0.4, 0.5) is 11.4 Å². The fourth-order valence-corrected chi connectivity index (χ4v) is 3.60. The van der Waals surface area contributed by atoms with Crippen molar-refractivity contribution < 1.29 is 23.9 Å². The van der Waals surface area contributed by atoms with Crippen molar-refractivity contribution in [3.8, 4) is 0 Å². The Morgan fingerprint density at radius 1 is 1.07 bits per heavy atom. The van der Waals surface area contributed by atoms with Crippen molar-refractivity contribution in [2.45, 2.75) is 18.9 Å². The molecule has 0 unspecified atom stereocenters. The monoisotopic (exact) mass is 408 g/mol. The maximum atomic E-state index is 12.3. The van der Waals surface area contributed by atoms with Crippen molar-refractivity contribution in [3.05, 3.63) is 59.7 Å². The van der Waals surface area contributed by atoms with Crippen LogP contribution in [0.1, 0.15) is 33.6 Å². The van der Waals surface area contributed by atoms with Crippen molar-refractivity contribution in [2.75, 3.05) is 23.4 Å². The summed E-state index contributed by atoms with van der Waals surface area (Å²) in [6.07, 6.45) is 1.75. The van der Waals surface area contributed by atoms with Gasteiger partial charge in [0.25, 0.3) is 11.8 Å². The Morgan fingerprint density at radius 2 is 1.87 bits per heavy atom. The normalized spacial score (nSPS) is 16.7. The number of anilines is 2. The van der Waals surface area contributed by atoms with Gasteiger partial charge in [0.05, 0.1) is 16.9 Å². The third-order valence-electron chi connectivity index (χ3n) is 5.04. The first-order valence-electron chi connectivity index (χ1n) is 9.56. The molecule has 3 amide bonds. The van der Waals surface area contributed by atoms with Crippen LogP contribution in [-0.4, -0.2) is 42.9 Å². The zero-order valence-electron chi connectivity index (χ0n) is 16.0. The molecule has 2 aliphatic rings. The SMILES string of the molecule is O=C(COC(=O)c1ccc2c(c1)NC(=O)[C@@H]1CCCN21)NNC(=O)c1ccccc1. The summed E-state index contributed by atoms with van der Waals surface area (Å²) in [4.78, 5) is 50.3. The van der Waals surface area contributed by atoms with Crippen LogP contribution >= 0.6 is 0 Å². The van der Waals surface area contributed by atoms with Crippen molar-refractivity contribution in [1.82, 2.24) is 10.9 Å². The number of hydrazine groups is 1. The number of hydrogen-bond acceptors (Lipinski definition) is 6. The number of carbonyl (C=O) groups is 4. The third-order valence-corrected chi connectivity index (χ3v) is 5.04. The van der Waals surface area contributed by atoms with E-state index in [0.29, 0.717) is 11.3 Å². The van der Waals surface area contributed by atoms with E-state index in [2.05, 4.69) is 16.2 Å². The van der Waals surface area contributed by atoms with E-state index < -0.39 is 24.4 Å². The lowest BCUT2D eigenvalue weighted by molar-refractivity contribution is -0.125. The summed E-state index contributed by atoms with van der Waals surface area (Å²) in [5.41, 5.74) is 6.45. The molecule has 0 aliphatic carbocycles. The number of rotatable bonds is 4. The lowest BCUT2D eigenvalue weighted by Gasteiger charge is -2.33. The molecule has 1 fully saturated rings. The summed E-state index contributed by atoms with van der Waals surface area (Å²) < 4.78 is 5.00. The van der Waals surface area contributed by atoms with Crippen molar-refractivity contribution >= 4 is 35.1 Å². The number of fused-ring (bicyclic) bond motifs is 3. The van der Waals surface area contributed by atoms with Gasteiger partial charge in [-0.2, -0.15) is 0 Å². The van der Waals surface area contributed by atoms with Gasteiger partial charge in [-0.25, -0.2) is 4.79 Å². The van der Waals surface area contributed by atoms with Gasteiger partial charge in [0.2, 0.25) is 5.91 Å². The first-order chi connectivity index (χ1) is 14.5. The van der Waals surface area contributed by atoms with Crippen LogP contribution in [0.25, 0.3) is 0 Å². The third kappa shape index (κ3) is 3.95. The average molecular weight is 408 g/mol. The van der Waals surface area contributed by atoms with Crippen molar-refractivity contribution in [3.63, 3.8) is 0 Å². The molecule has 0 spiro atoms. The van der Waals surface area contributed by atoms with Gasteiger partial charge in [-0.1, -0.05) is 18.2 Å². The maximum absolute atomic E-state index is 12.3. The fourth-order valence-electron chi connectivity index (χ4n) is 3.60. The van der Waals surface area contributed by atoms with Gasteiger partial charge in [-0.15, -0.1) is 0 Å². The second kappa shape index (κ2) is 8.24. The van der Waals surface area contributed by atoms with Crippen LogP contribution in [0.15, 0.2) is 48.5 Å². The highest BCUT2D eigenvalue weighted by Crippen LogP contribution is 2.37. The molecule has 3 N–H and O–H groups in total. The summed E-state index contributed by atoms with van der Waals surface area (Å²) in [7, 11) is 0. The van der Waals surface area contributed by atoms with Crippen LogP contribution in [0.5, 0.6) is 0 Å². The molecule has 0 aromatic heterocycles. The second-order valence-electron chi connectivity index (χ2n) is 7.02. The van der Waals surface area contributed by atoms with Gasteiger partial charge >= 0.3 is 5.97 Å². The molecule has 1 atom stereocenters. The summed E-state index contributed by atoms with van der Waals surface area (Å²) in [6.45, 7) is 0.231. The molecular formula is C21H20N4O5. The quantitative estimate of drug-likeness (QED) is 0.518. The lowest BCUT2D eigenvalue weighted by atomic mass is 10.1. The zero-order valence-corrected chi connectivity index (χ0v) is 16.0. The Labute approximate surface area is 172 Å². The first kappa shape index (κ1) is 19.4. The fraction of sp³-hybridized carbons (Fsp3) is 0.238. The van der Waals surface area contributed by atoms with Gasteiger partial charge in [-0.05, 0) is 43.2 Å². The molecular weight excluding hydrogens is 388 g/mol. The highest BCUT2D eigenvalue weighted by atomic mass is 16.5. The molecule has 2 heterocycles. The summed E-state index contributed by atoms with van der Waals surface area (Å²) >= 11 is 0. The Kier molecular flexibility index (Phi) is 5.34. The Balaban J connectivity index is 1.31. The van der Waals surface area contributed by atoms with E-state index in [1.54, 1.807) is 48.5 Å². The van der Waals surface area contributed by atoms with Gasteiger partial charge < -0.3 is 15.0 Å². The van der Waals surface area contributed by atoms with Crippen LogP contribution in [0, 0.1) is 0 Å². The molecule has 0 saturated carbocycles. The van der Waals surface area contributed by atoms with E-state index in [9.17, 15) is 19.2 Å². The molecule has 1 saturated heterocycles. The minimum Gasteiger partial charge on any atom is -0.452 e. The molecule has 0 radical (unpaired) electrons. The molecule has 30 heavy (non-hydrogen) atoms. The van der Waals surface area contributed by atoms with Crippen LogP contribution in [-0.2, 0) is 14.3 Å². The van der Waals surface area contributed by atoms with Crippen LogP contribution < -0.4 is 21.1 Å². The number of nitrogens with zero attached hydrogens (tertiary/aromatic N) is 1. The van der Waals surface area contributed by atoms with E-state index in [1.807, 2.05) is 4.90 Å². The van der Waals surface area contributed by atoms with Crippen LogP contribution in [0.2, 0.25) is 0 Å². The average Bonchev–Trinajstić information content (AvgIpc) is 3.27. The summed E-state index contributed by atoms with van der Waals surface area (Å²) in [5, 5.41) is 2.82. The number of benzene rings is 2. The van der Waals surface area contributed by atoms with Crippen molar-refractivity contribution in [2.24, 2.45) is 0 Å². The smallest absolute Gasteiger partial charge is 0.338 e. The predicted molar refractivity (Wildman–Crippen MR) is 108 cm³/mol. The van der Waals surface area contributed by atoms with E-state index >= 15 is 0 Å². The van der Waals surface area contributed by atoms with E-state index in [0.717, 1.165) is 25.1 Å². The van der Waals surface area contributed by atoms with Crippen molar-refractivity contribution in [1.29, 1.82) is 0 Å². The lowest BCUT2D eigenvalue weighted by Crippen LogP contribution is -2.44. The maximum Gasteiger partial charge on any atom is 0.338 e. The van der Waals surface area contributed by atoms with Gasteiger partial charge in [-0.3, -0.25) is 25.2 Å². The Morgan fingerprint density at radius 3 is 2.67 bits per heavy atom. The minimum absolute atomic E-state index is 0.0842. The molecule has 4 rings (SSSR count). The molecule has 9 heteroatoms. The van der Waals surface area contributed by atoms with Gasteiger partial charge in [0.15, 0.2) is 6.61 Å². The first-order valence-corrected chi connectivity index (χ1v) is 9.56. The van der Waals surface area contributed by atoms with Gasteiger partial charge in [0, 0.05) is 12.1 Å². The molecule has 2 aromatic rings. The number of nitrogens with one attached hydrogen (secondary N) is 3. The largest absolute Gasteiger partial charge is 0.452 e. The van der Waals surface area contributed by atoms with E-state index in [1.165, 1.54) is 0 Å². The molecule has 9 nitrogen and oxygen atoms in total. The molecule has 0 bridgehead atoms. The minimum atomic E-state index is -0.708. The van der Waals surface area contributed by atoms with Gasteiger partial charge in [0.1, 0.15) is 6.04 Å². The number of amides is 3. The summed E-state index contributed by atoms with van der Waals surface area (Å²) in [6, 6.07) is 13.1. The Bertz CT molecular complexity index is 1010. The topological polar surface area (TPSA) is 117 Å². The highest BCUT2D eigenvalue weighted by Gasteiger charge is 2.36. The summed E-state index contributed by atoms with van der Waals surface area (Å²) in [5.74, 6) is -1.96. The molecule has 154 valence electrons. The Hall–Kier alpha value is -3.88. The van der Waals surface area contributed by atoms with Crippen LogP contribution in [0.3, 0.4) is 0 Å². The second-order valence-corrected chi connectivity index (χ2v) is 7.02. The predicted octanol–water partition coefficient (Wildman–Crippen LogP) is 1.23.